The average Bonchev–Trinajstić information content (AvgIpc) is 2.95. The fourth-order valence-electron chi connectivity index (χ4n) is 4.66. The van der Waals surface area contributed by atoms with E-state index in [0.717, 1.165) is 31.4 Å². The van der Waals surface area contributed by atoms with Crippen molar-refractivity contribution in [2.45, 2.75) is 121 Å². The second-order valence-corrected chi connectivity index (χ2v) is 23.5. The van der Waals surface area contributed by atoms with Crippen LogP contribution in [-0.2, 0) is 13.6 Å². The molecule has 2 bridgehead atoms. The molecule has 33 heavy (non-hydrogen) atoms. The van der Waals surface area contributed by atoms with Crippen LogP contribution in [0.2, 0.25) is 36.3 Å². The molecule has 2 N–H and O–H groups in total. The Kier molecular flexibility index (Phi) is 7.16. The van der Waals surface area contributed by atoms with E-state index < -0.39 is 16.6 Å². The molecule has 0 aromatic heterocycles. The first kappa shape index (κ1) is 26.9. The van der Waals surface area contributed by atoms with Crippen molar-refractivity contribution in [3.05, 3.63) is 29.8 Å². The van der Waals surface area contributed by atoms with Crippen LogP contribution in [0.5, 0.6) is 0 Å². The lowest BCUT2D eigenvalue weighted by molar-refractivity contribution is -0.173. The summed E-state index contributed by atoms with van der Waals surface area (Å²) in [6.45, 7) is 24.6. The average molecular weight is 492 g/mol. The molecular weight excluding hydrogens is 442 g/mol. The van der Waals surface area contributed by atoms with Gasteiger partial charge >= 0.3 is 0 Å². The second kappa shape index (κ2) is 8.77. The summed E-state index contributed by atoms with van der Waals surface area (Å²) in [6, 6.07) is 8.47. The van der Waals surface area contributed by atoms with Crippen molar-refractivity contribution < 1.29 is 13.6 Å². The summed E-state index contributed by atoms with van der Waals surface area (Å²) in [5.74, 6) is 0.438. The third-order valence-corrected chi connectivity index (χ3v) is 18.1. The first-order chi connectivity index (χ1) is 14.9. The van der Waals surface area contributed by atoms with Gasteiger partial charge in [-0.25, -0.2) is 0 Å². The van der Waals surface area contributed by atoms with Gasteiger partial charge < -0.3 is 19.3 Å². The number of nitrogen functional groups attached to an aromatic ring is 1. The fourth-order valence-corrected chi connectivity index (χ4v) is 6.77. The van der Waals surface area contributed by atoms with Crippen molar-refractivity contribution in [2.24, 2.45) is 0 Å². The number of benzene rings is 1. The van der Waals surface area contributed by atoms with Crippen molar-refractivity contribution in [1.82, 2.24) is 0 Å². The summed E-state index contributed by atoms with van der Waals surface area (Å²) in [5, 5.41) is 0.381. The number of rotatable bonds is 7. The molecule has 2 saturated heterocycles. The lowest BCUT2D eigenvalue weighted by Gasteiger charge is -2.47. The van der Waals surface area contributed by atoms with Gasteiger partial charge in [0.05, 0.1) is 24.4 Å². The summed E-state index contributed by atoms with van der Waals surface area (Å²) in [7, 11) is -3.72. The predicted octanol–water partition coefficient (Wildman–Crippen LogP) is 7.48. The van der Waals surface area contributed by atoms with E-state index >= 15 is 0 Å². The van der Waals surface area contributed by atoms with Crippen LogP contribution in [0.1, 0.15) is 78.7 Å². The highest BCUT2D eigenvalue weighted by Gasteiger charge is 2.57. The molecule has 4 nitrogen and oxygen atoms in total. The quantitative estimate of drug-likeness (QED) is 0.317. The molecule has 0 radical (unpaired) electrons. The minimum absolute atomic E-state index is 0.190. The molecule has 2 aliphatic heterocycles. The van der Waals surface area contributed by atoms with Crippen molar-refractivity contribution in [2.75, 3.05) is 18.9 Å². The first-order valence-corrected chi connectivity index (χ1v) is 18.5. The Balaban J connectivity index is 1.86. The van der Waals surface area contributed by atoms with Gasteiger partial charge in [0.1, 0.15) is 0 Å². The zero-order valence-corrected chi connectivity index (χ0v) is 24.9. The zero-order chi connectivity index (χ0) is 24.9. The Morgan fingerprint density at radius 3 is 1.58 bits per heavy atom. The minimum atomic E-state index is -1.86. The standard InChI is InChI=1S/C27H49NO3Si2/c1-24(2,3)32(7,8)29-19-26-15-16-27(31-26,20-30-33(9,10)25(4,5)6)18-22(17-26)21-11-13-23(28)14-12-21/h11-14,22H,15-20,28H2,1-10H3. The monoisotopic (exact) mass is 491 g/mol. The number of hydrogen-bond donors (Lipinski definition) is 1. The van der Waals surface area contributed by atoms with Gasteiger partial charge in [0.25, 0.3) is 0 Å². The molecule has 6 heteroatoms. The molecule has 1 aromatic carbocycles. The van der Waals surface area contributed by atoms with Crippen molar-refractivity contribution in [3.8, 4) is 0 Å². The maximum atomic E-state index is 7.03. The molecule has 0 aliphatic carbocycles. The van der Waals surface area contributed by atoms with Crippen LogP contribution < -0.4 is 5.73 Å². The largest absolute Gasteiger partial charge is 0.414 e. The van der Waals surface area contributed by atoms with E-state index in [4.69, 9.17) is 19.3 Å². The predicted molar refractivity (Wildman–Crippen MR) is 145 cm³/mol. The molecule has 3 rings (SSSR count). The SMILES string of the molecule is CC(C)(C)[Si](C)(C)OCC12CCC(CO[Si](C)(C)C(C)(C)C)(CC(c3ccc(N)cc3)C1)O2. The van der Waals surface area contributed by atoms with Crippen LogP contribution in [-0.4, -0.2) is 41.1 Å². The Labute approximate surface area is 205 Å². The van der Waals surface area contributed by atoms with Crippen LogP contribution in [0.25, 0.3) is 0 Å². The Bertz CT molecular complexity index is 779. The molecular formula is C27H49NO3Si2. The van der Waals surface area contributed by atoms with Crippen LogP contribution >= 0.6 is 0 Å². The first-order valence-electron chi connectivity index (χ1n) is 12.7. The lowest BCUT2D eigenvalue weighted by Crippen LogP contribution is -2.53. The molecule has 2 heterocycles. The highest BCUT2D eigenvalue weighted by Crippen LogP contribution is 2.55. The molecule has 1 aromatic rings. The van der Waals surface area contributed by atoms with E-state index in [2.05, 4.69) is 79.9 Å². The smallest absolute Gasteiger partial charge is 0.192 e. The van der Waals surface area contributed by atoms with E-state index in [1.54, 1.807) is 0 Å². The third-order valence-electron chi connectivity index (χ3n) is 9.12. The van der Waals surface area contributed by atoms with Crippen molar-refractivity contribution >= 4 is 22.3 Å². The Morgan fingerprint density at radius 2 is 1.21 bits per heavy atom. The summed E-state index contributed by atoms with van der Waals surface area (Å²) in [5.41, 5.74) is 7.72. The molecule has 2 fully saturated rings. The molecule has 0 spiro atoms. The minimum Gasteiger partial charge on any atom is -0.414 e. The van der Waals surface area contributed by atoms with E-state index in [0.29, 0.717) is 19.1 Å². The molecule has 2 aliphatic rings. The van der Waals surface area contributed by atoms with Crippen molar-refractivity contribution in [3.63, 3.8) is 0 Å². The van der Waals surface area contributed by atoms with E-state index in [-0.39, 0.29) is 21.3 Å². The van der Waals surface area contributed by atoms with Gasteiger partial charge in [-0.05, 0) is 85.6 Å². The highest BCUT2D eigenvalue weighted by molar-refractivity contribution is 6.74. The van der Waals surface area contributed by atoms with Crippen molar-refractivity contribution in [1.29, 1.82) is 0 Å². The summed E-state index contributed by atoms with van der Waals surface area (Å²) < 4.78 is 20.6. The normalized spacial score (nSPS) is 28.8. The molecule has 2 atom stereocenters. The van der Waals surface area contributed by atoms with Gasteiger partial charge in [-0.3, -0.25) is 0 Å². The van der Waals surface area contributed by atoms with Crippen LogP contribution in [0.15, 0.2) is 24.3 Å². The van der Waals surface area contributed by atoms with Gasteiger partial charge in [-0.2, -0.15) is 0 Å². The summed E-state index contributed by atoms with van der Waals surface area (Å²) in [4.78, 5) is 0. The maximum Gasteiger partial charge on any atom is 0.192 e. The van der Waals surface area contributed by atoms with Gasteiger partial charge in [0, 0.05) is 5.69 Å². The van der Waals surface area contributed by atoms with Gasteiger partial charge in [0.2, 0.25) is 0 Å². The number of ether oxygens (including phenoxy) is 1. The zero-order valence-electron chi connectivity index (χ0n) is 22.9. The molecule has 188 valence electrons. The van der Waals surface area contributed by atoms with E-state index in [1.807, 2.05) is 12.1 Å². The van der Waals surface area contributed by atoms with E-state index in [9.17, 15) is 0 Å². The Morgan fingerprint density at radius 1 is 0.818 bits per heavy atom. The van der Waals surface area contributed by atoms with Gasteiger partial charge in [0.15, 0.2) is 16.6 Å². The lowest BCUT2D eigenvalue weighted by atomic mass is 9.80. The van der Waals surface area contributed by atoms with Gasteiger partial charge in [-0.15, -0.1) is 0 Å². The highest BCUT2D eigenvalue weighted by atomic mass is 28.4. The van der Waals surface area contributed by atoms with Gasteiger partial charge in [-0.1, -0.05) is 53.7 Å². The fraction of sp³-hybridized carbons (Fsp3) is 0.778. The Hall–Kier alpha value is -0.666. The molecule has 2 unspecified atom stereocenters. The number of nitrogens with two attached hydrogens (primary N) is 1. The molecule has 0 amide bonds. The summed E-state index contributed by atoms with van der Waals surface area (Å²) >= 11 is 0. The van der Waals surface area contributed by atoms with Crippen LogP contribution in [0, 0.1) is 0 Å². The number of fused-ring (bicyclic) bond motifs is 2. The topological polar surface area (TPSA) is 53.7 Å². The summed E-state index contributed by atoms with van der Waals surface area (Å²) in [6.07, 6.45) is 4.11. The third kappa shape index (κ3) is 5.77. The van der Waals surface area contributed by atoms with E-state index in [1.165, 1.54) is 5.56 Å². The maximum absolute atomic E-state index is 7.03. The second-order valence-electron chi connectivity index (χ2n) is 13.8. The van der Waals surface area contributed by atoms with Crippen LogP contribution in [0.3, 0.4) is 0 Å². The molecule has 0 saturated carbocycles. The van der Waals surface area contributed by atoms with Crippen LogP contribution in [0.4, 0.5) is 5.69 Å². The number of anilines is 1. The number of hydrogen-bond acceptors (Lipinski definition) is 4.